The van der Waals surface area contributed by atoms with Crippen molar-refractivity contribution in [2.24, 2.45) is 0 Å². The lowest BCUT2D eigenvalue weighted by Crippen LogP contribution is -2.38. The molecule has 0 saturated carbocycles. The Morgan fingerprint density at radius 2 is 1.25 bits per heavy atom. The van der Waals surface area contributed by atoms with Gasteiger partial charge in [0.05, 0.1) is 0 Å². The molecule has 160 valence electrons. The van der Waals surface area contributed by atoms with E-state index in [1.165, 1.54) is 95.5 Å². The zero-order valence-corrected chi connectivity index (χ0v) is 19.1. The average Bonchev–Trinajstić information content (AvgIpc) is 2.70. The number of nitrogens with one attached hydrogen (secondary N) is 1. The molecule has 0 aliphatic carbocycles. The van der Waals surface area contributed by atoms with E-state index in [0.29, 0.717) is 0 Å². The van der Waals surface area contributed by atoms with Gasteiger partial charge in [-0.05, 0) is 51.5 Å². The summed E-state index contributed by atoms with van der Waals surface area (Å²) >= 11 is 0. The minimum Gasteiger partial charge on any atom is -0.308 e. The maximum Gasteiger partial charge on any atom is 0.0210 e. The number of hydrogen-bond acceptors (Lipinski definition) is 1. The van der Waals surface area contributed by atoms with E-state index < -0.39 is 0 Å². The molecule has 0 unspecified atom stereocenters. The van der Waals surface area contributed by atoms with Crippen LogP contribution >= 0.6 is 0 Å². The SMILES string of the molecule is CCCCCCCCC=CCCCCCCCC(C)(C)NCc1ccccc1. The molecule has 0 heterocycles. The van der Waals surface area contributed by atoms with E-state index in [1.54, 1.807) is 0 Å². The van der Waals surface area contributed by atoms with Gasteiger partial charge in [-0.15, -0.1) is 0 Å². The van der Waals surface area contributed by atoms with Gasteiger partial charge < -0.3 is 5.32 Å². The Morgan fingerprint density at radius 3 is 1.86 bits per heavy atom. The Bertz CT molecular complexity index is 474. The Balaban J connectivity index is 1.89. The van der Waals surface area contributed by atoms with Crippen molar-refractivity contribution in [2.75, 3.05) is 0 Å². The topological polar surface area (TPSA) is 12.0 Å². The molecule has 0 bridgehead atoms. The summed E-state index contributed by atoms with van der Waals surface area (Å²) < 4.78 is 0. The molecule has 1 rings (SSSR count). The van der Waals surface area contributed by atoms with Crippen molar-refractivity contribution in [1.29, 1.82) is 0 Å². The van der Waals surface area contributed by atoms with Gasteiger partial charge in [-0.3, -0.25) is 0 Å². The van der Waals surface area contributed by atoms with Crippen LogP contribution in [0.4, 0.5) is 0 Å². The summed E-state index contributed by atoms with van der Waals surface area (Å²) in [5.74, 6) is 0. The van der Waals surface area contributed by atoms with Crippen LogP contribution in [-0.4, -0.2) is 5.54 Å². The lowest BCUT2D eigenvalue weighted by Gasteiger charge is -2.26. The third kappa shape index (κ3) is 14.9. The van der Waals surface area contributed by atoms with Crippen LogP contribution in [0, 0.1) is 0 Å². The number of allylic oxidation sites excluding steroid dienone is 2. The first-order valence-corrected chi connectivity index (χ1v) is 12.1. The predicted octanol–water partition coefficient (Wildman–Crippen LogP) is 8.59. The molecule has 28 heavy (non-hydrogen) atoms. The Morgan fingerprint density at radius 1 is 0.714 bits per heavy atom. The first kappa shape index (κ1) is 25.0. The van der Waals surface area contributed by atoms with Gasteiger partial charge in [0, 0.05) is 12.1 Å². The molecule has 0 atom stereocenters. The molecule has 1 aromatic carbocycles. The van der Waals surface area contributed by atoms with Gasteiger partial charge in [-0.1, -0.05) is 107 Å². The van der Waals surface area contributed by atoms with Crippen LogP contribution in [0.5, 0.6) is 0 Å². The zero-order valence-electron chi connectivity index (χ0n) is 19.1. The van der Waals surface area contributed by atoms with Crippen LogP contribution in [0.2, 0.25) is 0 Å². The lowest BCUT2D eigenvalue weighted by molar-refractivity contribution is 0.345. The fourth-order valence-electron chi connectivity index (χ4n) is 3.66. The summed E-state index contributed by atoms with van der Waals surface area (Å²) in [4.78, 5) is 0. The van der Waals surface area contributed by atoms with E-state index in [-0.39, 0.29) is 5.54 Å². The smallest absolute Gasteiger partial charge is 0.0210 e. The molecular weight excluding hydrogens is 338 g/mol. The molecule has 1 N–H and O–H groups in total. The van der Waals surface area contributed by atoms with Crippen LogP contribution in [-0.2, 0) is 6.54 Å². The van der Waals surface area contributed by atoms with Gasteiger partial charge in [-0.2, -0.15) is 0 Å². The monoisotopic (exact) mass is 385 g/mol. The highest BCUT2D eigenvalue weighted by Gasteiger charge is 2.15. The van der Waals surface area contributed by atoms with Crippen LogP contribution in [0.3, 0.4) is 0 Å². The van der Waals surface area contributed by atoms with E-state index >= 15 is 0 Å². The van der Waals surface area contributed by atoms with E-state index in [9.17, 15) is 0 Å². The van der Waals surface area contributed by atoms with E-state index in [4.69, 9.17) is 0 Å². The van der Waals surface area contributed by atoms with Gasteiger partial charge in [0.1, 0.15) is 0 Å². The summed E-state index contributed by atoms with van der Waals surface area (Å²) in [6, 6.07) is 10.7. The zero-order chi connectivity index (χ0) is 20.3. The quantitative estimate of drug-likeness (QED) is 0.197. The van der Waals surface area contributed by atoms with Gasteiger partial charge in [-0.25, -0.2) is 0 Å². The molecular formula is C27H47N. The Hall–Kier alpha value is -1.08. The highest BCUT2D eigenvalue weighted by molar-refractivity contribution is 5.14. The summed E-state index contributed by atoms with van der Waals surface area (Å²) in [6.45, 7) is 7.93. The third-order valence-electron chi connectivity index (χ3n) is 5.68. The van der Waals surface area contributed by atoms with Gasteiger partial charge >= 0.3 is 0 Å². The largest absolute Gasteiger partial charge is 0.308 e. The number of rotatable bonds is 18. The van der Waals surface area contributed by atoms with Crippen molar-refractivity contribution < 1.29 is 0 Å². The Labute approximate surface area is 176 Å². The Kier molecular flexibility index (Phi) is 15.0. The number of benzene rings is 1. The van der Waals surface area contributed by atoms with E-state index in [0.717, 1.165) is 6.54 Å². The second-order valence-corrected chi connectivity index (χ2v) is 9.06. The fraction of sp³-hybridized carbons (Fsp3) is 0.704. The first-order chi connectivity index (χ1) is 13.6. The van der Waals surface area contributed by atoms with Crippen molar-refractivity contribution in [3.63, 3.8) is 0 Å². The van der Waals surface area contributed by atoms with Crippen molar-refractivity contribution in [3.8, 4) is 0 Å². The summed E-state index contributed by atoms with van der Waals surface area (Å²) in [5, 5.41) is 3.72. The van der Waals surface area contributed by atoms with Crippen LogP contribution < -0.4 is 5.32 Å². The van der Waals surface area contributed by atoms with Crippen LogP contribution in [0.25, 0.3) is 0 Å². The van der Waals surface area contributed by atoms with Crippen LogP contribution in [0.1, 0.15) is 116 Å². The highest BCUT2D eigenvalue weighted by atomic mass is 14.9. The third-order valence-corrected chi connectivity index (χ3v) is 5.68. The molecule has 0 aliphatic heterocycles. The minimum absolute atomic E-state index is 0.231. The molecule has 0 aromatic heterocycles. The fourth-order valence-corrected chi connectivity index (χ4v) is 3.66. The summed E-state index contributed by atoms with van der Waals surface area (Å²) in [7, 11) is 0. The second kappa shape index (κ2) is 16.8. The lowest BCUT2D eigenvalue weighted by atomic mass is 9.95. The molecule has 1 heteroatoms. The molecule has 1 nitrogen and oxygen atoms in total. The summed E-state index contributed by atoms with van der Waals surface area (Å²) in [6.07, 6.45) is 23.9. The molecule has 0 fully saturated rings. The molecule has 0 aliphatic rings. The first-order valence-electron chi connectivity index (χ1n) is 12.1. The standard InChI is InChI=1S/C27H47N/c1-4-5-6-7-8-9-10-11-12-13-14-15-16-17-21-24-27(2,3)28-25-26-22-19-18-20-23-26/h11-12,18-20,22-23,28H,4-10,13-17,21,24-25H2,1-3H3. The van der Waals surface area contributed by atoms with Crippen molar-refractivity contribution >= 4 is 0 Å². The van der Waals surface area contributed by atoms with Gasteiger partial charge in [0.25, 0.3) is 0 Å². The van der Waals surface area contributed by atoms with Crippen molar-refractivity contribution in [1.82, 2.24) is 5.32 Å². The van der Waals surface area contributed by atoms with Gasteiger partial charge in [0.2, 0.25) is 0 Å². The maximum atomic E-state index is 3.72. The highest BCUT2D eigenvalue weighted by Crippen LogP contribution is 2.16. The van der Waals surface area contributed by atoms with E-state index in [1.807, 2.05) is 0 Å². The van der Waals surface area contributed by atoms with Crippen molar-refractivity contribution in [3.05, 3.63) is 48.0 Å². The van der Waals surface area contributed by atoms with Crippen molar-refractivity contribution in [2.45, 2.75) is 123 Å². The van der Waals surface area contributed by atoms with Crippen LogP contribution in [0.15, 0.2) is 42.5 Å². The summed E-state index contributed by atoms with van der Waals surface area (Å²) in [5.41, 5.74) is 1.61. The van der Waals surface area contributed by atoms with Gasteiger partial charge in [0.15, 0.2) is 0 Å². The number of unbranched alkanes of at least 4 members (excludes halogenated alkanes) is 11. The molecule has 0 radical (unpaired) electrons. The predicted molar refractivity (Wildman–Crippen MR) is 127 cm³/mol. The maximum absolute atomic E-state index is 3.72. The van der Waals surface area contributed by atoms with E-state index in [2.05, 4.69) is 68.6 Å². The molecule has 1 aromatic rings. The molecule has 0 amide bonds. The number of hydrogen-bond donors (Lipinski definition) is 1. The second-order valence-electron chi connectivity index (χ2n) is 9.06. The minimum atomic E-state index is 0.231. The average molecular weight is 386 g/mol. The molecule has 0 saturated heterocycles. The molecule has 0 spiro atoms. The normalized spacial score (nSPS) is 12.1.